The molecule has 4 rings (SSSR count). The molecule has 0 bridgehead atoms. The molecule has 2 aromatic carbocycles. The van der Waals surface area contributed by atoms with Crippen LogP contribution in [0.2, 0.25) is 0 Å². The summed E-state index contributed by atoms with van der Waals surface area (Å²) in [6, 6.07) is 17.2. The van der Waals surface area contributed by atoms with Crippen LogP contribution in [0.3, 0.4) is 0 Å². The minimum Gasteiger partial charge on any atom is -0.497 e. The molecule has 7 nitrogen and oxygen atoms in total. The number of aromatic nitrogens is 4. The van der Waals surface area contributed by atoms with E-state index in [2.05, 4.69) is 20.4 Å². The van der Waals surface area contributed by atoms with Crippen LogP contribution < -0.4 is 10.1 Å². The predicted octanol–water partition coefficient (Wildman–Crippen LogP) is 4.09. The number of hydrogen-bond donors (Lipinski definition) is 1. The molecule has 0 aliphatic carbocycles. The number of hydrogen-bond acceptors (Lipinski definition) is 5. The number of amides is 1. The van der Waals surface area contributed by atoms with Gasteiger partial charge in [-0.25, -0.2) is 14.5 Å². The lowest BCUT2D eigenvalue weighted by molar-refractivity contribution is -0.122. The number of nitrogens with one attached hydrogen (secondary N) is 1. The third kappa shape index (κ3) is 4.40. The first kappa shape index (κ1) is 20.5. The first-order valence-electron chi connectivity index (χ1n) is 10.2. The van der Waals surface area contributed by atoms with E-state index in [0.29, 0.717) is 11.5 Å². The number of carbonyl (C=O) groups excluding carboxylic acids is 1. The van der Waals surface area contributed by atoms with Crippen molar-refractivity contribution in [2.45, 2.75) is 32.7 Å². The number of fused-ring (bicyclic) bond motifs is 1. The van der Waals surface area contributed by atoms with E-state index in [-0.39, 0.29) is 17.9 Å². The average molecular weight is 415 g/mol. The topological polar surface area (TPSA) is 81.4 Å². The van der Waals surface area contributed by atoms with Gasteiger partial charge in [0.25, 0.3) is 0 Å². The quantitative estimate of drug-likeness (QED) is 0.513. The maximum Gasteiger partial charge on any atom is 0.227 e. The van der Waals surface area contributed by atoms with E-state index >= 15 is 0 Å². The Morgan fingerprint density at radius 1 is 1.06 bits per heavy atom. The molecule has 1 unspecified atom stereocenters. The largest absolute Gasteiger partial charge is 0.497 e. The Hall–Kier alpha value is -3.74. The van der Waals surface area contributed by atoms with Crippen LogP contribution in [0.1, 0.15) is 42.8 Å². The Labute approximate surface area is 181 Å². The molecule has 0 fully saturated rings. The minimum atomic E-state index is -0.329. The molecule has 0 saturated heterocycles. The van der Waals surface area contributed by atoms with Crippen LogP contribution in [-0.4, -0.2) is 32.6 Å². The molecule has 31 heavy (non-hydrogen) atoms. The minimum absolute atomic E-state index is 0.0627. The fraction of sp³-hybridized carbons (Fsp3) is 0.250. The highest BCUT2D eigenvalue weighted by Crippen LogP contribution is 2.22. The van der Waals surface area contributed by atoms with E-state index in [1.807, 2.05) is 75.4 Å². The fourth-order valence-corrected chi connectivity index (χ4v) is 3.32. The summed E-state index contributed by atoms with van der Waals surface area (Å²) in [5, 5.41) is 7.50. The van der Waals surface area contributed by atoms with Crippen molar-refractivity contribution in [1.82, 2.24) is 24.9 Å². The zero-order valence-corrected chi connectivity index (χ0v) is 18.0. The SMILES string of the molecule is COc1ccc(-c2cc3nc([C@H](C)NC(=O)C(C)c4ccc(C)cc4)nn3cn2)cc1. The van der Waals surface area contributed by atoms with Crippen molar-refractivity contribution in [3.05, 3.63) is 77.9 Å². The molecule has 1 amide bonds. The van der Waals surface area contributed by atoms with Crippen LogP contribution in [-0.2, 0) is 4.79 Å². The van der Waals surface area contributed by atoms with Crippen LogP contribution in [0.5, 0.6) is 5.75 Å². The van der Waals surface area contributed by atoms with Gasteiger partial charge in [0.2, 0.25) is 5.91 Å². The molecule has 0 radical (unpaired) electrons. The first-order chi connectivity index (χ1) is 14.9. The molecule has 2 aromatic heterocycles. The van der Waals surface area contributed by atoms with Crippen molar-refractivity contribution in [2.75, 3.05) is 7.11 Å². The number of ether oxygens (including phenoxy) is 1. The maximum absolute atomic E-state index is 12.7. The lowest BCUT2D eigenvalue weighted by Crippen LogP contribution is -2.31. The highest BCUT2D eigenvalue weighted by atomic mass is 16.5. The van der Waals surface area contributed by atoms with Crippen LogP contribution in [0.25, 0.3) is 16.9 Å². The van der Waals surface area contributed by atoms with Crippen molar-refractivity contribution in [1.29, 1.82) is 0 Å². The predicted molar refractivity (Wildman–Crippen MR) is 119 cm³/mol. The van der Waals surface area contributed by atoms with Gasteiger partial charge in [-0.05, 0) is 50.6 Å². The summed E-state index contributed by atoms with van der Waals surface area (Å²) in [6.07, 6.45) is 1.63. The van der Waals surface area contributed by atoms with E-state index in [9.17, 15) is 4.79 Å². The first-order valence-corrected chi connectivity index (χ1v) is 10.2. The molecule has 158 valence electrons. The molecule has 0 aliphatic heterocycles. The third-order valence-electron chi connectivity index (χ3n) is 5.35. The van der Waals surface area contributed by atoms with Gasteiger partial charge < -0.3 is 10.1 Å². The summed E-state index contributed by atoms with van der Waals surface area (Å²) < 4.78 is 6.82. The van der Waals surface area contributed by atoms with Crippen molar-refractivity contribution in [2.24, 2.45) is 0 Å². The molecule has 7 heteroatoms. The summed E-state index contributed by atoms with van der Waals surface area (Å²) in [6.45, 7) is 5.81. The Balaban J connectivity index is 1.50. The van der Waals surface area contributed by atoms with Gasteiger partial charge in [0.15, 0.2) is 11.5 Å². The molecule has 2 heterocycles. The molecule has 0 saturated carbocycles. The lowest BCUT2D eigenvalue weighted by atomic mass is 9.99. The lowest BCUT2D eigenvalue weighted by Gasteiger charge is -2.16. The highest BCUT2D eigenvalue weighted by molar-refractivity contribution is 5.83. The van der Waals surface area contributed by atoms with Gasteiger partial charge >= 0.3 is 0 Å². The molecule has 1 N–H and O–H groups in total. The fourth-order valence-electron chi connectivity index (χ4n) is 3.32. The monoisotopic (exact) mass is 415 g/mol. The number of benzene rings is 2. The normalized spacial score (nSPS) is 13.0. The van der Waals surface area contributed by atoms with Gasteiger partial charge in [0.05, 0.1) is 24.8 Å². The molecule has 0 spiro atoms. The van der Waals surface area contributed by atoms with Gasteiger partial charge in [0, 0.05) is 11.6 Å². The van der Waals surface area contributed by atoms with E-state index < -0.39 is 0 Å². The van der Waals surface area contributed by atoms with Crippen molar-refractivity contribution in [3.8, 4) is 17.0 Å². The van der Waals surface area contributed by atoms with Crippen LogP contribution >= 0.6 is 0 Å². The third-order valence-corrected chi connectivity index (χ3v) is 5.35. The summed E-state index contributed by atoms with van der Waals surface area (Å²) in [5.41, 5.74) is 4.57. The summed E-state index contributed by atoms with van der Waals surface area (Å²) in [4.78, 5) is 21.8. The van der Waals surface area contributed by atoms with Gasteiger partial charge in [-0.2, -0.15) is 0 Å². The second kappa shape index (κ2) is 8.55. The van der Waals surface area contributed by atoms with Crippen molar-refractivity contribution in [3.63, 3.8) is 0 Å². The number of carbonyl (C=O) groups is 1. The van der Waals surface area contributed by atoms with Crippen molar-refractivity contribution >= 4 is 11.6 Å². The number of rotatable bonds is 6. The van der Waals surface area contributed by atoms with Crippen LogP contribution in [0, 0.1) is 6.92 Å². The standard InChI is InChI=1S/C24H25N5O2/c1-15-5-7-18(8-6-15)16(2)24(30)26-17(3)23-27-22-13-21(25-14-29(22)28-23)19-9-11-20(31-4)12-10-19/h5-14,16-17H,1-4H3,(H,26,30)/t16?,17-/m0/s1. The second-order valence-electron chi connectivity index (χ2n) is 7.64. The average Bonchev–Trinajstić information content (AvgIpc) is 3.23. The molecule has 4 aromatic rings. The van der Waals surface area contributed by atoms with Gasteiger partial charge in [-0.15, -0.1) is 5.10 Å². The summed E-state index contributed by atoms with van der Waals surface area (Å²) >= 11 is 0. The number of methoxy groups -OCH3 is 1. The Morgan fingerprint density at radius 2 is 1.77 bits per heavy atom. The molecule has 2 atom stereocenters. The Morgan fingerprint density at radius 3 is 2.45 bits per heavy atom. The van der Waals surface area contributed by atoms with E-state index in [4.69, 9.17) is 4.74 Å². The zero-order chi connectivity index (χ0) is 22.0. The second-order valence-corrected chi connectivity index (χ2v) is 7.64. The Bertz CT molecular complexity index is 1200. The van der Waals surface area contributed by atoms with Gasteiger partial charge in [0.1, 0.15) is 12.1 Å². The molecule has 0 aliphatic rings. The summed E-state index contributed by atoms with van der Waals surface area (Å²) in [5.74, 6) is 1.01. The smallest absolute Gasteiger partial charge is 0.227 e. The van der Waals surface area contributed by atoms with E-state index in [1.165, 1.54) is 5.56 Å². The number of nitrogens with zero attached hydrogens (tertiary/aromatic N) is 4. The van der Waals surface area contributed by atoms with E-state index in [0.717, 1.165) is 22.6 Å². The van der Waals surface area contributed by atoms with Crippen LogP contribution in [0.15, 0.2) is 60.9 Å². The summed E-state index contributed by atoms with van der Waals surface area (Å²) in [7, 11) is 1.64. The highest BCUT2D eigenvalue weighted by Gasteiger charge is 2.20. The number of aryl methyl sites for hydroxylation is 1. The Kier molecular flexibility index (Phi) is 5.66. The molecular formula is C24H25N5O2. The zero-order valence-electron chi connectivity index (χ0n) is 18.0. The maximum atomic E-state index is 12.7. The van der Waals surface area contributed by atoms with Crippen LogP contribution in [0.4, 0.5) is 0 Å². The molecular weight excluding hydrogens is 390 g/mol. The van der Waals surface area contributed by atoms with Gasteiger partial charge in [-0.3, -0.25) is 4.79 Å². The van der Waals surface area contributed by atoms with Crippen molar-refractivity contribution < 1.29 is 9.53 Å². The van der Waals surface area contributed by atoms with Gasteiger partial charge in [-0.1, -0.05) is 29.8 Å². The van der Waals surface area contributed by atoms with E-state index in [1.54, 1.807) is 18.0 Å².